The monoisotopic (exact) mass is 357 g/mol. The maximum Gasteiger partial charge on any atom is 0.420 e. The van der Waals surface area contributed by atoms with Gasteiger partial charge in [-0.2, -0.15) is 0 Å². The number of thiazole rings is 1. The molecule has 0 unspecified atom stereocenters. The Labute approximate surface area is 144 Å². The minimum atomic E-state index is -0.792. The molecule has 0 aliphatic heterocycles. The first kappa shape index (κ1) is 15.5. The molecule has 1 N–H and O–H groups in total. The Balaban J connectivity index is 1.65. The molecule has 126 valence electrons. The number of hydrogen-bond donors (Lipinski definition) is 1. The highest BCUT2D eigenvalue weighted by atomic mass is 32.1. The van der Waals surface area contributed by atoms with Gasteiger partial charge >= 0.3 is 5.76 Å². The molecular formula is C17H12FN3O3S. The Morgan fingerprint density at radius 1 is 1.32 bits per heavy atom. The van der Waals surface area contributed by atoms with Gasteiger partial charge in [-0.1, -0.05) is 23.5 Å². The summed E-state index contributed by atoms with van der Waals surface area (Å²) in [5.41, 5.74) is 1.56. The molecule has 0 radical (unpaired) electrons. The van der Waals surface area contributed by atoms with E-state index >= 15 is 0 Å². The number of anilines is 1. The van der Waals surface area contributed by atoms with Crippen LogP contribution in [0.15, 0.2) is 51.7 Å². The van der Waals surface area contributed by atoms with Gasteiger partial charge in [-0.25, -0.2) is 14.2 Å². The second-order valence-corrected chi connectivity index (χ2v) is 6.53. The van der Waals surface area contributed by atoms with Crippen molar-refractivity contribution in [3.05, 3.63) is 58.8 Å². The number of carbonyl (C=O) groups is 1. The highest BCUT2D eigenvalue weighted by Gasteiger charge is 2.22. The fraction of sp³-hybridized carbons (Fsp3) is 0.118. The van der Waals surface area contributed by atoms with E-state index in [1.807, 2.05) is 0 Å². The van der Waals surface area contributed by atoms with E-state index in [0.29, 0.717) is 26.4 Å². The summed E-state index contributed by atoms with van der Waals surface area (Å²) in [6.45, 7) is 1.60. The maximum absolute atomic E-state index is 13.3. The lowest BCUT2D eigenvalue weighted by Gasteiger charge is -2.11. The molecule has 2 aromatic heterocycles. The Morgan fingerprint density at radius 2 is 2.12 bits per heavy atom. The molecule has 0 aliphatic carbocycles. The molecule has 1 atom stereocenters. The van der Waals surface area contributed by atoms with Crippen LogP contribution in [0.25, 0.3) is 21.3 Å². The summed E-state index contributed by atoms with van der Waals surface area (Å²) in [5.74, 6) is -1.37. The van der Waals surface area contributed by atoms with Crippen molar-refractivity contribution in [3.63, 3.8) is 0 Å². The van der Waals surface area contributed by atoms with Gasteiger partial charge < -0.3 is 9.73 Å². The second-order valence-electron chi connectivity index (χ2n) is 5.50. The first-order valence-electron chi connectivity index (χ1n) is 7.50. The van der Waals surface area contributed by atoms with E-state index in [1.165, 1.54) is 28.0 Å². The van der Waals surface area contributed by atoms with Crippen LogP contribution in [0.3, 0.4) is 0 Å². The molecule has 0 bridgehead atoms. The number of oxazole rings is 1. The molecule has 8 heteroatoms. The number of rotatable bonds is 3. The zero-order valence-electron chi connectivity index (χ0n) is 13.0. The zero-order valence-corrected chi connectivity index (χ0v) is 13.8. The Kier molecular flexibility index (Phi) is 3.61. The van der Waals surface area contributed by atoms with E-state index in [0.717, 1.165) is 0 Å². The largest absolute Gasteiger partial charge is 0.420 e. The first-order valence-corrected chi connectivity index (χ1v) is 8.31. The van der Waals surface area contributed by atoms with E-state index in [4.69, 9.17) is 4.42 Å². The van der Waals surface area contributed by atoms with Crippen LogP contribution >= 0.6 is 11.3 Å². The number of carbonyl (C=O) groups excluding carboxylic acids is 1. The van der Waals surface area contributed by atoms with Gasteiger partial charge in [0, 0.05) is 0 Å². The highest BCUT2D eigenvalue weighted by Crippen LogP contribution is 2.27. The molecular weight excluding hydrogens is 345 g/mol. The summed E-state index contributed by atoms with van der Waals surface area (Å²) in [6, 6.07) is 10.3. The van der Waals surface area contributed by atoms with Crippen LogP contribution in [0.1, 0.15) is 13.0 Å². The van der Waals surface area contributed by atoms with Crippen molar-refractivity contribution >= 4 is 43.7 Å². The molecule has 1 amide bonds. The summed E-state index contributed by atoms with van der Waals surface area (Å²) >= 11 is 1.17. The molecule has 0 spiro atoms. The molecule has 0 fully saturated rings. The summed E-state index contributed by atoms with van der Waals surface area (Å²) in [5, 5.41) is 3.02. The Bertz CT molecular complexity index is 1160. The average Bonchev–Trinajstić information content (AvgIpc) is 3.12. The van der Waals surface area contributed by atoms with Crippen LogP contribution in [0.5, 0.6) is 0 Å². The van der Waals surface area contributed by atoms with Crippen molar-refractivity contribution in [3.8, 4) is 0 Å². The first-order chi connectivity index (χ1) is 12.0. The van der Waals surface area contributed by atoms with Gasteiger partial charge in [0.2, 0.25) is 5.91 Å². The van der Waals surface area contributed by atoms with Crippen molar-refractivity contribution in [2.75, 3.05) is 5.32 Å². The summed E-state index contributed by atoms with van der Waals surface area (Å²) in [7, 11) is 0. The number of para-hydroxylation sites is 2. The van der Waals surface area contributed by atoms with E-state index in [2.05, 4.69) is 10.3 Å². The van der Waals surface area contributed by atoms with Crippen LogP contribution in [-0.4, -0.2) is 15.5 Å². The van der Waals surface area contributed by atoms with Crippen LogP contribution < -0.4 is 11.1 Å². The maximum atomic E-state index is 13.3. The van der Waals surface area contributed by atoms with Crippen LogP contribution in [0.2, 0.25) is 0 Å². The van der Waals surface area contributed by atoms with Gasteiger partial charge in [-0.05, 0) is 37.3 Å². The minimum absolute atomic E-state index is 0.346. The Morgan fingerprint density at radius 3 is 2.96 bits per heavy atom. The van der Waals surface area contributed by atoms with Crippen LogP contribution in [0.4, 0.5) is 9.52 Å². The summed E-state index contributed by atoms with van der Waals surface area (Å²) < 4.78 is 20.3. The number of benzene rings is 2. The molecule has 2 aromatic carbocycles. The number of hydrogen-bond acceptors (Lipinski definition) is 5. The molecule has 0 saturated carbocycles. The molecule has 4 aromatic rings. The molecule has 0 aliphatic rings. The highest BCUT2D eigenvalue weighted by molar-refractivity contribution is 7.22. The average molecular weight is 357 g/mol. The normalized spacial score (nSPS) is 12.6. The van der Waals surface area contributed by atoms with E-state index in [1.54, 1.807) is 37.3 Å². The third-order valence-electron chi connectivity index (χ3n) is 3.87. The van der Waals surface area contributed by atoms with Gasteiger partial charge in [0.1, 0.15) is 11.9 Å². The SMILES string of the molecule is C[C@@H](C(=O)Nc1nc2ccc(F)cc2s1)n1c(=O)oc2ccccc21. The van der Waals surface area contributed by atoms with Gasteiger partial charge in [0.25, 0.3) is 0 Å². The van der Waals surface area contributed by atoms with Gasteiger partial charge in [0.15, 0.2) is 10.7 Å². The van der Waals surface area contributed by atoms with Gasteiger partial charge in [0.05, 0.1) is 15.7 Å². The number of amides is 1. The van der Waals surface area contributed by atoms with Crippen molar-refractivity contribution in [1.82, 2.24) is 9.55 Å². The fourth-order valence-corrected chi connectivity index (χ4v) is 3.52. The third kappa shape index (κ3) is 2.70. The zero-order chi connectivity index (χ0) is 17.6. The molecule has 2 heterocycles. The summed E-state index contributed by atoms with van der Waals surface area (Å²) in [6.07, 6.45) is 0. The quantitative estimate of drug-likeness (QED) is 0.608. The predicted molar refractivity (Wildman–Crippen MR) is 93.4 cm³/mol. The van der Waals surface area contributed by atoms with Gasteiger partial charge in [-0.3, -0.25) is 9.36 Å². The number of fused-ring (bicyclic) bond motifs is 2. The van der Waals surface area contributed by atoms with Crippen LogP contribution in [-0.2, 0) is 4.79 Å². The fourth-order valence-electron chi connectivity index (χ4n) is 2.63. The topological polar surface area (TPSA) is 77.1 Å². The Hall–Kier alpha value is -3.00. The third-order valence-corrected chi connectivity index (χ3v) is 4.80. The number of nitrogens with one attached hydrogen (secondary N) is 1. The van der Waals surface area contributed by atoms with Crippen molar-refractivity contribution < 1.29 is 13.6 Å². The number of nitrogens with zero attached hydrogens (tertiary/aromatic N) is 2. The van der Waals surface area contributed by atoms with Gasteiger partial charge in [-0.15, -0.1) is 0 Å². The summed E-state index contributed by atoms with van der Waals surface area (Å²) in [4.78, 5) is 28.9. The lowest BCUT2D eigenvalue weighted by Crippen LogP contribution is -2.29. The van der Waals surface area contributed by atoms with E-state index < -0.39 is 17.7 Å². The molecule has 0 saturated heterocycles. The standard InChI is InChI=1S/C17H12FN3O3S/c1-9(21-12-4-2-3-5-13(12)24-17(21)23)15(22)20-16-19-11-7-6-10(18)8-14(11)25-16/h2-9H,1H3,(H,19,20,22)/t9-/m0/s1. The van der Waals surface area contributed by atoms with E-state index in [-0.39, 0.29) is 5.82 Å². The molecule has 6 nitrogen and oxygen atoms in total. The second kappa shape index (κ2) is 5.82. The molecule has 4 rings (SSSR count). The smallest absolute Gasteiger partial charge is 0.408 e. The predicted octanol–water partition coefficient (Wildman–Crippen LogP) is 3.54. The lowest BCUT2D eigenvalue weighted by atomic mass is 10.2. The lowest BCUT2D eigenvalue weighted by molar-refractivity contribution is -0.118. The number of halogens is 1. The van der Waals surface area contributed by atoms with Crippen LogP contribution in [0, 0.1) is 5.82 Å². The number of aromatic nitrogens is 2. The van der Waals surface area contributed by atoms with Crippen molar-refractivity contribution in [1.29, 1.82) is 0 Å². The minimum Gasteiger partial charge on any atom is -0.408 e. The van der Waals surface area contributed by atoms with Crippen molar-refractivity contribution in [2.45, 2.75) is 13.0 Å². The molecule has 25 heavy (non-hydrogen) atoms. The van der Waals surface area contributed by atoms with Crippen molar-refractivity contribution in [2.24, 2.45) is 0 Å². The van der Waals surface area contributed by atoms with E-state index in [9.17, 15) is 14.0 Å².